The molecule has 25 heavy (non-hydrogen) atoms. The summed E-state index contributed by atoms with van der Waals surface area (Å²) in [4.78, 5) is 21.7. The lowest BCUT2D eigenvalue weighted by Gasteiger charge is -2.05. The molecular weight excluding hydrogens is 344 g/mol. The van der Waals surface area contributed by atoms with Crippen molar-refractivity contribution in [1.29, 1.82) is 0 Å². The van der Waals surface area contributed by atoms with E-state index in [-0.39, 0.29) is 5.56 Å². The first-order valence-electron chi connectivity index (χ1n) is 7.64. The van der Waals surface area contributed by atoms with Gasteiger partial charge >= 0.3 is 0 Å². The normalized spacial score (nSPS) is 10.7. The average molecular weight is 359 g/mol. The molecule has 3 aromatic rings. The number of carbonyl (C=O) groups is 1. The molecule has 1 N–H and O–H groups in total. The van der Waals surface area contributed by atoms with E-state index in [1.165, 1.54) is 6.07 Å². The summed E-state index contributed by atoms with van der Waals surface area (Å²) >= 11 is 1.55. The van der Waals surface area contributed by atoms with Gasteiger partial charge in [-0.25, -0.2) is 13.8 Å². The van der Waals surface area contributed by atoms with Gasteiger partial charge in [-0.1, -0.05) is 0 Å². The van der Waals surface area contributed by atoms with E-state index in [2.05, 4.69) is 15.3 Å². The lowest BCUT2D eigenvalue weighted by atomic mass is 10.2. The van der Waals surface area contributed by atoms with Crippen LogP contribution >= 0.6 is 11.3 Å². The molecule has 0 saturated carbocycles. The van der Waals surface area contributed by atoms with Gasteiger partial charge in [0.25, 0.3) is 5.91 Å². The molecule has 7 heteroatoms. The summed E-state index contributed by atoms with van der Waals surface area (Å²) in [6.07, 6.45) is 4.07. The zero-order valence-corrected chi connectivity index (χ0v) is 14.2. The molecule has 1 aromatic carbocycles. The van der Waals surface area contributed by atoms with E-state index in [0.717, 1.165) is 33.3 Å². The molecule has 0 aliphatic heterocycles. The number of pyridine rings is 1. The number of halogens is 2. The number of rotatable bonds is 5. The minimum Gasteiger partial charge on any atom is -0.352 e. The first kappa shape index (κ1) is 17.2. The fraction of sp³-hybridized carbons (Fsp3) is 0.167. The van der Waals surface area contributed by atoms with Crippen molar-refractivity contribution in [2.75, 3.05) is 6.54 Å². The molecule has 0 spiro atoms. The van der Waals surface area contributed by atoms with Gasteiger partial charge in [0.2, 0.25) is 0 Å². The van der Waals surface area contributed by atoms with Crippen LogP contribution in [0, 0.1) is 18.6 Å². The molecule has 0 bridgehead atoms. The van der Waals surface area contributed by atoms with E-state index in [1.807, 2.05) is 19.1 Å². The zero-order valence-electron chi connectivity index (χ0n) is 13.4. The number of carbonyl (C=O) groups excluding carboxylic acids is 1. The van der Waals surface area contributed by atoms with Gasteiger partial charge in [0.1, 0.15) is 5.01 Å². The summed E-state index contributed by atoms with van der Waals surface area (Å²) in [7, 11) is 0. The summed E-state index contributed by atoms with van der Waals surface area (Å²) in [5.74, 6) is -2.44. The second-order valence-electron chi connectivity index (χ2n) is 5.40. The van der Waals surface area contributed by atoms with Crippen molar-refractivity contribution in [3.8, 4) is 10.6 Å². The van der Waals surface area contributed by atoms with E-state index in [0.29, 0.717) is 13.0 Å². The van der Waals surface area contributed by atoms with Crippen molar-refractivity contribution in [3.05, 3.63) is 70.5 Å². The Morgan fingerprint density at radius 2 is 2.08 bits per heavy atom. The molecule has 0 fully saturated rings. The van der Waals surface area contributed by atoms with Crippen LogP contribution in [0.15, 0.2) is 42.7 Å². The highest BCUT2D eigenvalue weighted by molar-refractivity contribution is 7.15. The number of hydrogen-bond acceptors (Lipinski definition) is 4. The number of thiazole rings is 1. The summed E-state index contributed by atoms with van der Waals surface area (Å²) in [6.45, 7) is 2.30. The van der Waals surface area contributed by atoms with Gasteiger partial charge in [0.05, 0.1) is 5.69 Å². The molecular formula is C18H15F2N3OS. The van der Waals surface area contributed by atoms with Gasteiger partial charge in [-0.2, -0.15) is 0 Å². The fourth-order valence-electron chi connectivity index (χ4n) is 2.30. The van der Waals surface area contributed by atoms with Crippen LogP contribution in [0.3, 0.4) is 0 Å². The van der Waals surface area contributed by atoms with E-state index in [4.69, 9.17) is 0 Å². The van der Waals surface area contributed by atoms with Crippen LogP contribution in [-0.2, 0) is 6.42 Å². The second kappa shape index (κ2) is 7.48. The van der Waals surface area contributed by atoms with Gasteiger partial charge in [0.15, 0.2) is 11.6 Å². The number of aromatic nitrogens is 2. The number of nitrogens with zero attached hydrogens (tertiary/aromatic N) is 2. The van der Waals surface area contributed by atoms with Gasteiger partial charge in [0, 0.05) is 41.4 Å². The fourth-order valence-corrected chi connectivity index (χ4v) is 3.35. The van der Waals surface area contributed by atoms with Crippen molar-refractivity contribution in [1.82, 2.24) is 15.3 Å². The molecule has 4 nitrogen and oxygen atoms in total. The van der Waals surface area contributed by atoms with E-state index in [1.54, 1.807) is 23.7 Å². The zero-order chi connectivity index (χ0) is 17.8. The number of benzene rings is 1. The third-order valence-corrected chi connectivity index (χ3v) is 4.89. The molecule has 0 aliphatic rings. The van der Waals surface area contributed by atoms with E-state index < -0.39 is 17.5 Å². The molecule has 0 atom stereocenters. The molecule has 0 aliphatic carbocycles. The minimum absolute atomic E-state index is 0.0935. The summed E-state index contributed by atoms with van der Waals surface area (Å²) in [5.41, 5.74) is 1.95. The number of nitrogens with one attached hydrogen (secondary N) is 1. The average Bonchev–Trinajstić information content (AvgIpc) is 2.99. The van der Waals surface area contributed by atoms with E-state index >= 15 is 0 Å². The molecule has 1 amide bonds. The van der Waals surface area contributed by atoms with Crippen molar-refractivity contribution < 1.29 is 13.6 Å². The standard InChI is InChI=1S/C18H15F2N3OS/c1-11-16(25-18(23-11)13-3-2-7-21-10-13)6-8-22-17(24)12-4-5-14(19)15(20)9-12/h2-5,7,9-10H,6,8H2,1H3,(H,22,24). The minimum atomic E-state index is -1.04. The van der Waals surface area contributed by atoms with Gasteiger partial charge in [-0.3, -0.25) is 9.78 Å². The Labute approximate surface area is 147 Å². The SMILES string of the molecule is Cc1nc(-c2cccnc2)sc1CCNC(=O)c1ccc(F)c(F)c1. The van der Waals surface area contributed by atoms with E-state index in [9.17, 15) is 13.6 Å². The maximum absolute atomic E-state index is 13.2. The van der Waals surface area contributed by atoms with Gasteiger partial charge < -0.3 is 5.32 Å². The number of hydrogen-bond donors (Lipinski definition) is 1. The first-order valence-corrected chi connectivity index (χ1v) is 8.46. The van der Waals surface area contributed by atoms with Crippen LogP contribution in [-0.4, -0.2) is 22.4 Å². The van der Waals surface area contributed by atoms with Crippen LogP contribution in [0.2, 0.25) is 0 Å². The lowest BCUT2D eigenvalue weighted by Crippen LogP contribution is -2.25. The molecule has 2 heterocycles. The Morgan fingerprint density at radius 3 is 2.80 bits per heavy atom. The third-order valence-electron chi connectivity index (χ3n) is 3.62. The maximum atomic E-state index is 13.2. The second-order valence-corrected chi connectivity index (χ2v) is 6.49. The van der Waals surface area contributed by atoms with Crippen LogP contribution in [0.25, 0.3) is 10.6 Å². The highest BCUT2D eigenvalue weighted by atomic mass is 32.1. The Bertz CT molecular complexity index is 897. The van der Waals surface area contributed by atoms with Crippen molar-refractivity contribution in [2.24, 2.45) is 0 Å². The molecule has 2 aromatic heterocycles. The van der Waals surface area contributed by atoms with Crippen LogP contribution in [0.5, 0.6) is 0 Å². The Morgan fingerprint density at radius 1 is 1.24 bits per heavy atom. The number of amides is 1. The largest absolute Gasteiger partial charge is 0.352 e. The Hall–Kier alpha value is -2.67. The highest BCUT2D eigenvalue weighted by Gasteiger charge is 2.12. The quantitative estimate of drug-likeness (QED) is 0.755. The lowest BCUT2D eigenvalue weighted by molar-refractivity contribution is 0.0953. The van der Waals surface area contributed by atoms with Crippen LogP contribution in [0.1, 0.15) is 20.9 Å². The molecule has 128 valence electrons. The van der Waals surface area contributed by atoms with Gasteiger partial charge in [-0.05, 0) is 37.3 Å². The molecule has 0 radical (unpaired) electrons. The molecule has 3 rings (SSSR count). The van der Waals surface area contributed by atoms with Crippen molar-refractivity contribution in [2.45, 2.75) is 13.3 Å². The smallest absolute Gasteiger partial charge is 0.251 e. The Kier molecular flexibility index (Phi) is 5.14. The third kappa shape index (κ3) is 4.06. The monoisotopic (exact) mass is 359 g/mol. The molecule has 0 unspecified atom stereocenters. The Balaban J connectivity index is 1.61. The summed E-state index contributed by atoms with van der Waals surface area (Å²) in [5, 5.41) is 3.59. The topological polar surface area (TPSA) is 54.9 Å². The van der Waals surface area contributed by atoms with Crippen molar-refractivity contribution in [3.63, 3.8) is 0 Å². The first-order chi connectivity index (χ1) is 12.0. The summed E-state index contributed by atoms with van der Waals surface area (Å²) in [6, 6.07) is 6.89. The molecule has 0 saturated heterocycles. The van der Waals surface area contributed by atoms with Crippen molar-refractivity contribution >= 4 is 17.2 Å². The predicted molar refractivity (Wildman–Crippen MR) is 92.5 cm³/mol. The summed E-state index contributed by atoms with van der Waals surface area (Å²) < 4.78 is 26.1. The predicted octanol–water partition coefficient (Wildman–Crippen LogP) is 3.76. The maximum Gasteiger partial charge on any atom is 0.251 e. The van der Waals surface area contributed by atoms with Crippen LogP contribution < -0.4 is 5.32 Å². The van der Waals surface area contributed by atoms with Crippen LogP contribution in [0.4, 0.5) is 8.78 Å². The highest BCUT2D eigenvalue weighted by Crippen LogP contribution is 2.27. The van der Waals surface area contributed by atoms with Gasteiger partial charge in [-0.15, -0.1) is 11.3 Å². The number of aryl methyl sites for hydroxylation is 1.